The van der Waals surface area contributed by atoms with Crippen LogP contribution in [0.3, 0.4) is 0 Å². The molecule has 11 heavy (non-hydrogen) atoms. The number of fused-ring (bicyclic) bond motifs is 1. The Balaban J connectivity index is 2.29. The van der Waals surface area contributed by atoms with E-state index in [1.807, 2.05) is 0 Å². The number of allylic oxidation sites excluding steroid dienone is 4. The first-order valence-electron chi connectivity index (χ1n) is 3.85. The van der Waals surface area contributed by atoms with Crippen LogP contribution in [-0.2, 0) is 0 Å². The maximum Gasteiger partial charge on any atom is 0.312 e. The van der Waals surface area contributed by atoms with Crippen molar-refractivity contribution < 1.29 is 0 Å². The molecule has 2 heteroatoms. The second-order valence-electron chi connectivity index (χ2n) is 2.90. The van der Waals surface area contributed by atoms with Gasteiger partial charge >= 0.3 is 6.85 Å². The van der Waals surface area contributed by atoms with Gasteiger partial charge in [0.25, 0.3) is 0 Å². The van der Waals surface area contributed by atoms with Crippen molar-refractivity contribution in [3.8, 4) is 0 Å². The van der Waals surface area contributed by atoms with Crippen molar-refractivity contribution in [3.05, 3.63) is 48.2 Å². The van der Waals surface area contributed by atoms with Crippen LogP contribution in [0.15, 0.2) is 48.2 Å². The first-order valence-corrected chi connectivity index (χ1v) is 3.85. The number of rotatable bonds is 0. The van der Waals surface area contributed by atoms with Gasteiger partial charge in [0.05, 0.1) is 0 Å². The second-order valence-corrected chi connectivity index (χ2v) is 2.90. The molecule has 0 N–H and O–H groups in total. The van der Waals surface area contributed by atoms with E-state index in [2.05, 4.69) is 54.3 Å². The van der Waals surface area contributed by atoms with Gasteiger partial charge in [-0.25, -0.2) is 0 Å². The van der Waals surface area contributed by atoms with Crippen LogP contribution in [0.2, 0.25) is 0 Å². The average molecular weight is 143 g/mol. The van der Waals surface area contributed by atoms with Gasteiger partial charge in [0, 0.05) is 0 Å². The molecule has 0 radical (unpaired) electrons. The van der Waals surface area contributed by atoms with Crippen molar-refractivity contribution in [3.63, 3.8) is 0 Å². The van der Waals surface area contributed by atoms with E-state index in [0.717, 1.165) is 0 Å². The third kappa shape index (κ3) is 1.16. The summed E-state index contributed by atoms with van der Waals surface area (Å²) in [4.78, 5) is 2.20. The minimum absolute atomic E-state index is 0.448. The average Bonchev–Trinajstić information content (AvgIpc) is 2.04. The number of hydrogen-bond donors (Lipinski definition) is 0. The summed E-state index contributed by atoms with van der Waals surface area (Å²) in [6.07, 6.45) is 10.5. The Kier molecular flexibility index (Phi) is 1.46. The molecule has 0 aromatic rings. The summed E-state index contributed by atoms with van der Waals surface area (Å²) in [6.45, 7) is 2.56. The summed E-state index contributed by atoms with van der Waals surface area (Å²) in [7, 11) is 0. The second kappa shape index (κ2) is 2.46. The monoisotopic (exact) mass is 143 g/mol. The molecule has 0 fully saturated rings. The highest BCUT2D eigenvalue weighted by Crippen LogP contribution is 2.14. The van der Waals surface area contributed by atoms with Gasteiger partial charge in [0.1, 0.15) is 0 Å². The van der Waals surface area contributed by atoms with Gasteiger partial charge in [-0.2, -0.15) is 0 Å². The van der Waals surface area contributed by atoms with Crippen LogP contribution in [0, 0.1) is 0 Å². The Morgan fingerprint density at radius 2 is 2.18 bits per heavy atom. The van der Waals surface area contributed by atoms with E-state index in [0.29, 0.717) is 6.85 Å². The van der Waals surface area contributed by atoms with Crippen molar-refractivity contribution in [2.45, 2.75) is 6.92 Å². The zero-order valence-corrected chi connectivity index (χ0v) is 6.57. The highest BCUT2D eigenvalue weighted by Gasteiger charge is 2.16. The van der Waals surface area contributed by atoms with Crippen molar-refractivity contribution in [2.24, 2.45) is 0 Å². The summed E-state index contributed by atoms with van der Waals surface area (Å²) in [5.41, 5.74) is 1.31. The molecule has 0 spiro atoms. The van der Waals surface area contributed by atoms with Crippen LogP contribution >= 0.6 is 0 Å². The fourth-order valence-electron chi connectivity index (χ4n) is 1.35. The fraction of sp³-hybridized carbons (Fsp3) is 0.111. The molecule has 0 amide bonds. The normalized spacial score (nSPS) is 20.3. The lowest BCUT2D eigenvalue weighted by Crippen LogP contribution is -2.31. The zero-order valence-electron chi connectivity index (χ0n) is 6.57. The number of hydrogen-bond acceptors (Lipinski definition) is 1. The van der Waals surface area contributed by atoms with Crippen molar-refractivity contribution in [2.75, 3.05) is 0 Å². The predicted octanol–water partition coefficient (Wildman–Crippen LogP) is 1.92. The van der Waals surface area contributed by atoms with Gasteiger partial charge in [-0.3, -0.25) is 0 Å². The minimum Gasteiger partial charge on any atom is -0.390 e. The molecule has 0 atom stereocenters. The van der Waals surface area contributed by atoms with Crippen LogP contribution in [-0.4, -0.2) is 11.7 Å². The first kappa shape index (κ1) is 6.53. The van der Waals surface area contributed by atoms with Crippen LogP contribution in [0.5, 0.6) is 0 Å². The molecule has 0 bridgehead atoms. The van der Waals surface area contributed by atoms with E-state index < -0.39 is 0 Å². The molecule has 0 aromatic carbocycles. The van der Waals surface area contributed by atoms with Crippen molar-refractivity contribution in [1.29, 1.82) is 0 Å². The van der Waals surface area contributed by atoms with Crippen LogP contribution in [0.1, 0.15) is 6.92 Å². The Bertz CT molecular complexity index is 273. The highest BCUT2D eigenvalue weighted by molar-refractivity contribution is 6.67. The lowest BCUT2D eigenvalue weighted by Gasteiger charge is -2.25. The van der Waals surface area contributed by atoms with E-state index >= 15 is 0 Å². The molecule has 2 aliphatic rings. The van der Waals surface area contributed by atoms with Crippen LogP contribution in [0.4, 0.5) is 0 Å². The molecule has 0 unspecified atom stereocenters. The third-order valence-electron chi connectivity index (χ3n) is 1.93. The summed E-state index contributed by atoms with van der Waals surface area (Å²) in [5, 5.41) is 0. The molecule has 0 aliphatic carbocycles. The van der Waals surface area contributed by atoms with E-state index in [1.54, 1.807) is 0 Å². The van der Waals surface area contributed by atoms with Gasteiger partial charge < -0.3 is 4.81 Å². The zero-order chi connectivity index (χ0) is 7.68. The molecule has 2 aliphatic heterocycles. The van der Waals surface area contributed by atoms with E-state index in [9.17, 15) is 0 Å². The van der Waals surface area contributed by atoms with Gasteiger partial charge in [-0.05, 0) is 31.0 Å². The maximum absolute atomic E-state index is 2.20. The lowest BCUT2D eigenvalue weighted by atomic mass is 9.58. The third-order valence-corrected chi connectivity index (χ3v) is 1.93. The lowest BCUT2D eigenvalue weighted by molar-refractivity contribution is 0.781. The molecule has 1 nitrogen and oxygen atoms in total. The predicted molar refractivity (Wildman–Crippen MR) is 48.8 cm³/mol. The molecule has 54 valence electrons. The quantitative estimate of drug-likeness (QED) is 0.468. The van der Waals surface area contributed by atoms with Crippen molar-refractivity contribution in [1.82, 2.24) is 4.81 Å². The molecular weight excluding hydrogens is 133 g/mol. The SMILES string of the molecule is CC1=CN2C=CC=CB2C=C1. The summed E-state index contributed by atoms with van der Waals surface area (Å²) in [6, 6.07) is 0. The first-order chi connectivity index (χ1) is 5.36. The molecule has 0 aromatic heterocycles. The summed E-state index contributed by atoms with van der Waals surface area (Å²) >= 11 is 0. The largest absolute Gasteiger partial charge is 0.390 e. The van der Waals surface area contributed by atoms with E-state index in [4.69, 9.17) is 0 Å². The van der Waals surface area contributed by atoms with Gasteiger partial charge in [-0.1, -0.05) is 24.1 Å². The van der Waals surface area contributed by atoms with Crippen LogP contribution in [0.25, 0.3) is 0 Å². The smallest absolute Gasteiger partial charge is 0.312 e. The molecule has 2 rings (SSSR count). The van der Waals surface area contributed by atoms with Crippen LogP contribution < -0.4 is 0 Å². The Labute approximate surface area is 67.5 Å². The minimum atomic E-state index is 0.448. The Hall–Kier alpha value is -1.18. The molecule has 2 heterocycles. The molecule has 0 saturated carbocycles. The topological polar surface area (TPSA) is 3.24 Å². The summed E-state index contributed by atoms with van der Waals surface area (Å²) < 4.78 is 0. The number of nitrogens with zero attached hydrogens (tertiary/aromatic N) is 1. The van der Waals surface area contributed by atoms with Gasteiger partial charge in [0.15, 0.2) is 0 Å². The maximum atomic E-state index is 2.20. The van der Waals surface area contributed by atoms with E-state index in [1.165, 1.54) is 5.57 Å². The Morgan fingerprint density at radius 1 is 1.27 bits per heavy atom. The highest BCUT2D eigenvalue weighted by atomic mass is 15.0. The van der Waals surface area contributed by atoms with E-state index in [-0.39, 0.29) is 0 Å². The van der Waals surface area contributed by atoms with Gasteiger partial charge in [-0.15, -0.1) is 0 Å². The fourth-order valence-corrected chi connectivity index (χ4v) is 1.35. The van der Waals surface area contributed by atoms with Gasteiger partial charge in [0.2, 0.25) is 0 Å². The molecule has 0 saturated heterocycles. The standard InChI is InChI=1S/C9H10BN/c1-9-4-6-10-5-2-3-7-11(10)8-9/h2-8H,1H3. The molecular formula is C9H10BN. The van der Waals surface area contributed by atoms with Crippen molar-refractivity contribution >= 4 is 6.85 Å². The Morgan fingerprint density at radius 3 is 3.09 bits per heavy atom. The summed E-state index contributed by atoms with van der Waals surface area (Å²) in [5.74, 6) is 4.38.